The van der Waals surface area contributed by atoms with Gasteiger partial charge in [0.25, 0.3) is 0 Å². The third-order valence-corrected chi connectivity index (χ3v) is 5.63. The lowest BCUT2D eigenvalue weighted by Crippen LogP contribution is -2.41. The zero-order chi connectivity index (χ0) is 24.1. The fraction of sp³-hybridized carbons (Fsp3) is 0.231. The number of rotatable bonds is 8. The first-order valence-corrected chi connectivity index (χ1v) is 10.8. The molecule has 1 atom stereocenters. The minimum Gasteiger partial charge on any atom is -0.490 e. The molecule has 0 fully saturated rings. The summed E-state index contributed by atoms with van der Waals surface area (Å²) in [6, 6.07) is 16.6. The second kappa shape index (κ2) is 10.3. The van der Waals surface area contributed by atoms with Crippen LogP contribution in [0.25, 0.3) is 0 Å². The van der Waals surface area contributed by atoms with E-state index in [2.05, 4.69) is 0 Å². The molecule has 34 heavy (non-hydrogen) atoms. The predicted molar refractivity (Wildman–Crippen MR) is 120 cm³/mol. The molecule has 8 heteroatoms. The lowest BCUT2D eigenvalue weighted by molar-refractivity contribution is -0.139. The van der Waals surface area contributed by atoms with Crippen LogP contribution in [0.4, 0.5) is 8.78 Å². The minimum atomic E-state index is -1.17. The summed E-state index contributed by atoms with van der Waals surface area (Å²) >= 11 is 0. The molecule has 1 aliphatic rings. The maximum absolute atomic E-state index is 14.3. The number of hydrogen-bond acceptors (Lipinski definition) is 4. The predicted octanol–water partition coefficient (Wildman–Crippen LogP) is 4.37. The van der Waals surface area contributed by atoms with Gasteiger partial charge >= 0.3 is 5.97 Å². The standard InChI is InChI=1S/C26H23F2NO5/c27-18-9-10-22(34-16-25(31)32)20(15-18)26-19-6-2-1-5-17(19)11-13-29(26)24(30)12-14-33-23-8-4-3-7-21(23)28/h1-10,15,26H,11-14,16H2,(H,31,32). The Labute approximate surface area is 195 Å². The van der Waals surface area contributed by atoms with Gasteiger partial charge in [-0.05, 0) is 47.9 Å². The maximum atomic E-state index is 14.3. The molecule has 0 saturated heterocycles. The van der Waals surface area contributed by atoms with Crippen molar-refractivity contribution in [1.82, 2.24) is 4.90 Å². The first-order chi connectivity index (χ1) is 16.4. The van der Waals surface area contributed by atoms with Crippen molar-refractivity contribution in [2.24, 2.45) is 0 Å². The Kier molecular flexibility index (Phi) is 7.06. The van der Waals surface area contributed by atoms with Gasteiger partial charge in [-0.15, -0.1) is 0 Å². The zero-order valence-corrected chi connectivity index (χ0v) is 18.2. The van der Waals surface area contributed by atoms with Crippen LogP contribution >= 0.6 is 0 Å². The number of aliphatic carboxylic acids is 1. The van der Waals surface area contributed by atoms with Crippen LogP contribution in [0.2, 0.25) is 0 Å². The second-order valence-corrected chi connectivity index (χ2v) is 7.83. The highest BCUT2D eigenvalue weighted by Crippen LogP contribution is 2.40. The van der Waals surface area contributed by atoms with Crippen LogP contribution in [0.3, 0.4) is 0 Å². The molecule has 6 nitrogen and oxygen atoms in total. The van der Waals surface area contributed by atoms with E-state index in [1.54, 1.807) is 17.0 Å². The highest BCUT2D eigenvalue weighted by Gasteiger charge is 2.34. The summed E-state index contributed by atoms with van der Waals surface area (Å²) < 4.78 is 39.0. The van der Waals surface area contributed by atoms with Gasteiger partial charge in [0.2, 0.25) is 5.91 Å². The number of hydrogen-bond donors (Lipinski definition) is 1. The second-order valence-electron chi connectivity index (χ2n) is 7.83. The Morgan fingerprint density at radius 1 is 0.941 bits per heavy atom. The third-order valence-electron chi connectivity index (χ3n) is 5.63. The number of carbonyl (C=O) groups is 2. The van der Waals surface area contributed by atoms with Gasteiger partial charge in [0.05, 0.1) is 19.1 Å². The van der Waals surface area contributed by atoms with Crippen molar-refractivity contribution < 1.29 is 33.0 Å². The van der Waals surface area contributed by atoms with E-state index in [1.807, 2.05) is 24.3 Å². The number of ether oxygens (including phenoxy) is 2. The van der Waals surface area contributed by atoms with Crippen molar-refractivity contribution in [3.63, 3.8) is 0 Å². The molecule has 0 saturated carbocycles. The number of fused-ring (bicyclic) bond motifs is 1. The van der Waals surface area contributed by atoms with Gasteiger partial charge in [-0.25, -0.2) is 13.6 Å². The van der Waals surface area contributed by atoms with Gasteiger partial charge < -0.3 is 19.5 Å². The largest absolute Gasteiger partial charge is 0.490 e. The lowest BCUT2D eigenvalue weighted by atomic mass is 9.87. The Hall–Kier alpha value is -3.94. The quantitative estimate of drug-likeness (QED) is 0.533. The fourth-order valence-corrected chi connectivity index (χ4v) is 4.13. The SMILES string of the molecule is O=C(O)COc1ccc(F)cc1C1c2ccccc2CCN1C(=O)CCOc1ccccc1F. The number of carboxylic acid groups (broad SMARTS) is 1. The van der Waals surface area contributed by atoms with Gasteiger partial charge in [-0.2, -0.15) is 0 Å². The number of benzene rings is 3. The van der Waals surface area contributed by atoms with Crippen molar-refractivity contribution in [1.29, 1.82) is 0 Å². The molecule has 3 aromatic rings. The third kappa shape index (κ3) is 5.17. The smallest absolute Gasteiger partial charge is 0.341 e. The Balaban J connectivity index is 1.62. The Bertz CT molecular complexity index is 1200. The number of carbonyl (C=O) groups excluding carboxylic acids is 1. The van der Waals surface area contributed by atoms with E-state index in [0.717, 1.165) is 11.1 Å². The van der Waals surface area contributed by atoms with Crippen molar-refractivity contribution in [2.45, 2.75) is 18.9 Å². The molecule has 3 aromatic carbocycles. The van der Waals surface area contributed by atoms with Gasteiger partial charge in [0.15, 0.2) is 18.2 Å². The van der Waals surface area contributed by atoms with E-state index in [-0.39, 0.29) is 30.4 Å². The molecule has 0 spiro atoms. The van der Waals surface area contributed by atoms with Crippen LogP contribution < -0.4 is 9.47 Å². The molecule has 1 heterocycles. The molecular formula is C26H23F2NO5. The maximum Gasteiger partial charge on any atom is 0.341 e. The molecule has 1 amide bonds. The van der Waals surface area contributed by atoms with E-state index in [9.17, 15) is 18.4 Å². The Morgan fingerprint density at radius 3 is 2.50 bits per heavy atom. The highest BCUT2D eigenvalue weighted by molar-refractivity contribution is 5.78. The van der Waals surface area contributed by atoms with Crippen molar-refractivity contribution in [3.8, 4) is 11.5 Å². The summed E-state index contributed by atoms with van der Waals surface area (Å²) in [6.07, 6.45) is 0.584. The first-order valence-electron chi connectivity index (χ1n) is 10.8. The molecule has 1 aliphatic heterocycles. The molecule has 0 aromatic heterocycles. The highest BCUT2D eigenvalue weighted by atomic mass is 19.1. The number of amides is 1. The van der Waals surface area contributed by atoms with Crippen LogP contribution in [-0.2, 0) is 16.0 Å². The zero-order valence-electron chi connectivity index (χ0n) is 18.2. The van der Waals surface area contributed by atoms with Crippen molar-refractivity contribution in [3.05, 3.63) is 95.1 Å². The molecule has 0 aliphatic carbocycles. The summed E-state index contributed by atoms with van der Waals surface area (Å²) in [7, 11) is 0. The summed E-state index contributed by atoms with van der Waals surface area (Å²) in [4.78, 5) is 25.9. The normalized spacial score (nSPS) is 14.9. The van der Waals surface area contributed by atoms with Crippen LogP contribution in [-0.4, -0.2) is 41.6 Å². The van der Waals surface area contributed by atoms with E-state index < -0.39 is 30.3 Å². The average molecular weight is 467 g/mol. The topological polar surface area (TPSA) is 76.1 Å². The summed E-state index contributed by atoms with van der Waals surface area (Å²) in [5, 5.41) is 9.04. The van der Waals surface area contributed by atoms with Gasteiger partial charge in [0.1, 0.15) is 11.6 Å². The van der Waals surface area contributed by atoms with Crippen molar-refractivity contribution in [2.75, 3.05) is 19.8 Å². The fourth-order valence-electron chi connectivity index (χ4n) is 4.13. The lowest BCUT2D eigenvalue weighted by Gasteiger charge is -2.38. The van der Waals surface area contributed by atoms with Crippen molar-refractivity contribution >= 4 is 11.9 Å². The monoisotopic (exact) mass is 467 g/mol. The van der Waals surface area contributed by atoms with Crippen LogP contribution in [0.5, 0.6) is 11.5 Å². The van der Waals surface area contributed by atoms with Gasteiger partial charge in [-0.1, -0.05) is 36.4 Å². The van der Waals surface area contributed by atoms with E-state index in [0.29, 0.717) is 18.5 Å². The summed E-state index contributed by atoms with van der Waals surface area (Å²) in [5.41, 5.74) is 2.17. The molecule has 0 radical (unpaired) electrons. The van der Waals surface area contributed by atoms with E-state index >= 15 is 0 Å². The van der Waals surface area contributed by atoms with Crippen LogP contribution in [0, 0.1) is 11.6 Å². The first kappa shape index (κ1) is 23.2. The van der Waals surface area contributed by atoms with E-state index in [1.165, 1.54) is 30.3 Å². The van der Waals surface area contributed by atoms with Gasteiger partial charge in [0, 0.05) is 12.1 Å². The van der Waals surface area contributed by atoms with Crippen LogP contribution in [0.1, 0.15) is 29.2 Å². The summed E-state index contributed by atoms with van der Waals surface area (Å²) in [5.74, 6) is -2.23. The molecule has 176 valence electrons. The van der Waals surface area contributed by atoms with Crippen LogP contribution in [0.15, 0.2) is 66.7 Å². The van der Waals surface area contributed by atoms with Gasteiger partial charge in [-0.3, -0.25) is 4.79 Å². The van der Waals surface area contributed by atoms with E-state index in [4.69, 9.17) is 14.6 Å². The summed E-state index contributed by atoms with van der Waals surface area (Å²) in [6.45, 7) is -0.261. The average Bonchev–Trinajstić information content (AvgIpc) is 2.83. The number of nitrogens with zero attached hydrogens (tertiary/aromatic N) is 1. The molecular weight excluding hydrogens is 444 g/mol. The number of carboxylic acids is 1. The minimum absolute atomic E-state index is 0.0202. The number of para-hydroxylation sites is 1. The number of halogens is 2. The molecule has 4 rings (SSSR count). The molecule has 1 N–H and O–H groups in total. The molecule has 1 unspecified atom stereocenters. The molecule has 0 bridgehead atoms. The Morgan fingerprint density at radius 2 is 1.71 bits per heavy atom.